The second-order valence-electron chi connectivity index (χ2n) is 4.12. The smallest absolute Gasteiger partial charge is 0.434 e. The summed E-state index contributed by atoms with van der Waals surface area (Å²) >= 11 is 0. The normalized spacial score (nSPS) is 14.1. The molecule has 0 aromatic carbocycles. The molecule has 0 saturated heterocycles. The summed E-state index contributed by atoms with van der Waals surface area (Å²) in [5.41, 5.74) is -1.44. The zero-order chi connectivity index (χ0) is 13.4. The topological polar surface area (TPSA) is 26.3 Å². The van der Waals surface area contributed by atoms with Crippen LogP contribution in [0.5, 0.6) is 0 Å². The molecule has 0 amide bonds. The summed E-state index contributed by atoms with van der Waals surface area (Å²) in [5.74, 6) is -1.56. The number of ether oxygens (including phenoxy) is 1. The van der Waals surface area contributed by atoms with E-state index in [-0.39, 0.29) is 0 Å². The molecule has 0 fully saturated rings. The van der Waals surface area contributed by atoms with Crippen molar-refractivity contribution in [3.05, 3.63) is 0 Å². The van der Waals surface area contributed by atoms with E-state index in [1.165, 1.54) is 0 Å². The Labute approximate surface area is 87.6 Å². The Balaban J connectivity index is 4.93. The van der Waals surface area contributed by atoms with E-state index < -0.39 is 29.8 Å². The SMILES string of the molecule is CC(C)(C)C(=O)OC(C(F)(F)F)C(F)(F)F. The van der Waals surface area contributed by atoms with Gasteiger partial charge in [0.25, 0.3) is 6.10 Å². The molecular formula is C8H10F6O2. The third-order valence-corrected chi connectivity index (χ3v) is 1.43. The molecule has 0 heterocycles. The molecule has 0 rings (SSSR count). The van der Waals surface area contributed by atoms with Crippen LogP contribution in [-0.2, 0) is 9.53 Å². The van der Waals surface area contributed by atoms with Gasteiger partial charge >= 0.3 is 18.3 Å². The minimum absolute atomic E-state index is 1.15. The highest BCUT2D eigenvalue weighted by Crippen LogP contribution is 2.36. The van der Waals surface area contributed by atoms with Gasteiger partial charge in [0.1, 0.15) is 0 Å². The first kappa shape index (κ1) is 15.0. The van der Waals surface area contributed by atoms with Gasteiger partial charge in [-0.3, -0.25) is 4.79 Å². The van der Waals surface area contributed by atoms with Crippen LogP contribution < -0.4 is 0 Å². The fraction of sp³-hybridized carbons (Fsp3) is 0.875. The van der Waals surface area contributed by atoms with E-state index in [1.807, 2.05) is 0 Å². The quantitative estimate of drug-likeness (QED) is 0.529. The highest BCUT2D eigenvalue weighted by Gasteiger charge is 2.60. The Morgan fingerprint density at radius 1 is 0.938 bits per heavy atom. The predicted octanol–water partition coefficient (Wildman–Crippen LogP) is 3.07. The Kier molecular flexibility index (Phi) is 3.89. The van der Waals surface area contributed by atoms with Gasteiger partial charge in [-0.15, -0.1) is 0 Å². The molecule has 0 aliphatic heterocycles. The minimum Gasteiger partial charge on any atom is -0.442 e. The standard InChI is InChI=1S/C8H10F6O2/c1-6(2,3)5(15)16-4(7(9,10)11)8(12,13)14/h4H,1-3H3. The monoisotopic (exact) mass is 252 g/mol. The van der Waals surface area contributed by atoms with Crippen LogP contribution in [0.4, 0.5) is 26.3 Å². The lowest BCUT2D eigenvalue weighted by Gasteiger charge is -2.26. The molecule has 0 atom stereocenters. The van der Waals surface area contributed by atoms with E-state index in [2.05, 4.69) is 4.74 Å². The number of carbonyl (C=O) groups excluding carboxylic acids is 1. The van der Waals surface area contributed by atoms with Crippen LogP contribution in [0.25, 0.3) is 0 Å². The van der Waals surface area contributed by atoms with Gasteiger partial charge in [0, 0.05) is 0 Å². The van der Waals surface area contributed by atoms with Crippen LogP contribution in [0.15, 0.2) is 0 Å². The Morgan fingerprint density at radius 2 is 1.25 bits per heavy atom. The number of halogens is 6. The molecule has 16 heavy (non-hydrogen) atoms. The maximum Gasteiger partial charge on any atom is 0.434 e. The number of alkyl halides is 6. The van der Waals surface area contributed by atoms with Crippen molar-refractivity contribution in [2.75, 3.05) is 0 Å². The molecule has 0 spiro atoms. The van der Waals surface area contributed by atoms with Gasteiger partial charge in [0.05, 0.1) is 5.41 Å². The Hall–Kier alpha value is -0.950. The molecule has 96 valence electrons. The van der Waals surface area contributed by atoms with E-state index in [0.29, 0.717) is 0 Å². The van der Waals surface area contributed by atoms with Crippen molar-refractivity contribution in [2.45, 2.75) is 39.2 Å². The number of carbonyl (C=O) groups is 1. The lowest BCUT2D eigenvalue weighted by atomic mass is 9.97. The number of rotatable bonds is 1. The average Bonchev–Trinajstić information content (AvgIpc) is 1.92. The molecule has 0 radical (unpaired) electrons. The van der Waals surface area contributed by atoms with Crippen molar-refractivity contribution in [2.24, 2.45) is 5.41 Å². The highest BCUT2D eigenvalue weighted by atomic mass is 19.4. The van der Waals surface area contributed by atoms with Gasteiger partial charge in [0.15, 0.2) is 0 Å². The Bertz CT molecular complexity index is 245. The van der Waals surface area contributed by atoms with Gasteiger partial charge in [-0.05, 0) is 20.8 Å². The molecule has 0 aliphatic rings. The Morgan fingerprint density at radius 3 is 1.44 bits per heavy atom. The molecule has 0 N–H and O–H groups in total. The first-order valence-corrected chi connectivity index (χ1v) is 4.11. The summed E-state index contributed by atoms with van der Waals surface area (Å²) in [6.45, 7) is 3.46. The molecule has 8 heteroatoms. The van der Waals surface area contributed by atoms with Crippen LogP contribution in [0.2, 0.25) is 0 Å². The third kappa shape index (κ3) is 4.28. The van der Waals surface area contributed by atoms with Gasteiger partial charge < -0.3 is 4.74 Å². The molecule has 0 saturated carbocycles. The van der Waals surface area contributed by atoms with Crippen LogP contribution in [0.1, 0.15) is 20.8 Å². The largest absolute Gasteiger partial charge is 0.442 e. The number of hydrogen-bond donors (Lipinski definition) is 0. The van der Waals surface area contributed by atoms with Crippen molar-refractivity contribution in [1.29, 1.82) is 0 Å². The molecule has 0 aromatic heterocycles. The van der Waals surface area contributed by atoms with Gasteiger partial charge in [-0.25, -0.2) is 0 Å². The first-order chi connectivity index (χ1) is 6.76. The maximum atomic E-state index is 12.0. The van der Waals surface area contributed by atoms with E-state index >= 15 is 0 Å². The van der Waals surface area contributed by atoms with Gasteiger partial charge in [-0.2, -0.15) is 26.3 Å². The van der Waals surface area contributed by atoms with Gasteiger partial charge in [-0.1, -0.05) is 0 Å². The molecule has 0 unspecified atom stereocenters. The fourth-order valence-electron chi connectivity index (χ4n) is 0.603. The third-order valence-electron chi connectivity index (χ3n) is 1.43. The van der Waals surface area contributed by atoms with Crippen molar-refractivity contribution in [1.82, 2.24) is 0 Å². The van der Waals surface area contributed by atoms with E-state index in [1.54, 1.807) is 0 Å². The summed E-state index contributed by atoms with van der Waals surface area (Å²) in [7, 11) is 0. The van der Waals surface area contributed by atoms with E-state index in [9.17, 15) is 31.1 Å². The zero-order valence-corrected chi connectivity index (χ0v) is 8.66. The summed E-state index contributed by atoms with van der Waals surface area (Å²) < 4.78 is 75.3. The van der Waals surface area contributed by atoms with Crippen LogP contribution in [0.3, 0.4) is 0 Å². The predicted molar refractivity (Wildman–Crippen MR) is 41.4 cm³/mol. The van der Waals surface area contributed by atoms with Crippen molar-refractivity contribution >= 4 is 5.97 Å². The number of esters is 1. The first-order valence-electron chi connectivity index (χ1n) is 4.11. The van der Waals surface area contributed by atoms with Crippen LogP contribution in [0, 0.1) is 5.41 Å². The van der Waals surface area contributed by atoms with Crippen LogP contribution in [-0.4, -0.2) is 24.4 Å². The average molecular weight is 252 g/mol. The summed E-state index contributed by atoms with van der Waals surface area (Å²) in [6, 6.07) is 0. The van der Waals surface area contributed by atoms with E-state index in [0.717, 1.165) is 20.8 Å². The lowest BCUT2D eigenvalue weighted by Crippen LogP contribution is -2.47. The molecular weight excluding hydrogens is 242 g/mol. The minimum atomic E-state index is -5.67. The van der Waals surface area contributed by atoms with Crippen molar-refractivity contribution in [3.8, 4) is 0 Å². The van der Waals surface area contributed by atoms with Crippen molar-refractivity contribution in [3.63, 3.8) is 0 Å². The van der Waals surface area contributed by atoms with E-state index in [4.69, 9.17) is 0 Å². The summed E-state index contributed by atoms with van der Waals surface area (Å²) in [5, 5.41) is 0. The highest BCUT2D eigenvalue weighted by molar-refractivity contribution is 5.75. The lowest BCUT2D eigenvalue weighted by molar-refractivity contribution is -0.315. The second-order valence-corrected chi connectivity index (χ2v) is 4.12. The van der Waals surface area contributed by atoms with Crippen LogP contribution >= 0.6 is 0 Å². The molecule has 2 nitrogen and oxygen atoms in total. The summed E-state index contributed by atoms with van der Waals surface area (Å²) in [4.78, 5) is 10.9. The molecule has 0 aromatic rings. The molecule has 0 bridgehead atoms. The summed E-state index contributed by atoms with van der Waals surface area (Å²) in [6.07, 6.45) is -15.4. The van der Waals surface area contributed by atoms with Crippen molar-refractivity contribution < 1.29 is 35.9 Å². The molecule has 0 aliphatic carbocycles. The zero-order valence-electron chi connectivity index (χ0n) is 8.66. The number of hydrogen-bond acceptors (Lipinski definition) is 2. The fourth-order valence-corrected chi connectivity index (χ4v) is 0.603. The maximum absolute atomic E-state index is 12.0. The second kappa shape index (κ2) is 4.14. The van der Waals surface area contributed by atoms with Gasteiger partial charge in [0.2, 0.25) is 0 Å².